The average Bonchev–Trinajstić information content (AvgIpc) is 2.50. The van der Waals surface area contributed by atoms with Gasteiger partial charge >= 0.3 is 0 Å². The smallest absolute Gasteiger partial charge is 0.00670 e. The van der Waals surface area contributed by atoms with Crippen molar-refractivity contribution in [3.63, 3.8) is 0 Å². The highest BCUT2D eigenvalue weighted by molar-refractivity contribution is 4.67. The number of hydrogen-bond acceptors (Lipinski definition) is 1. The molecule has 0 aromatic heterocycles. The van der Waals surface area contributed by atoms with Crippen molar-refractivity contribution in [2.24, 2.45) is 0 Å². The summed E-state index contributed by atoms with van der Waals surface area (Å²) in [4.78, 5) is 0. The SMILES string of the molecule is CCCCCCCCC(CCCCCC)NCCCCC. The Labute approximate surface area is 135 Å². The predicted octanol–water partition coefficient (Wildman–Crippen LogP) is 6.86. The van der Waals surface area contributed by atoms with Gasteiger partial charge in [-0.3, -0.25) is 0 Å². The van der Waals surface area contributed by atoms with Gasteiger partial charge in [0.05, 0.1) is 0 Å². The Morgan fingerprint density at radius 1 is 0.524 bits per heavy atom. The maximum Gasteiger partial charge on any atom is 0.00670 e. The van der Waals surface area contributed by atoms with Crippen molar-refractivity contribution in [1.82, 2.24) is 5.32 Å². The summed E-state index contributed by atoms with van der Waals surface area (Å²) < 4.78 is 0. The molecule has 0 aliphatic carbocycles. The molecule has 1 unspecified atom stereocenters. The van der Waals surface area contributed by atoms with Gasteiger partial charge in [-0.25, -0.2) is 0 Å². The molecule has 0 amide bonds. The van der Waals surface area contributed by atoms with Crippen LogP contribution < -0.4 is 5.32 Å². The second-order valence-corrected chi connectivity index (χ2v) is 6.76. The van der Waals surface area contributed by atoms with Gasteiger partial charge in [0, 0.05) is 6.04 Å². The quantitative estimate of drug-likeness (QED) is 0.289. The fourth-order valence-corrected chi connectivity index (χ4v) is 3.02. The Balaban J connectivity index is 3.67. The maximum absolute atomic E-state index is 3.83. The van der Waals surface area contributed by atoms with E-state index in [4.69, 9.17) is 0 Å². The van der Waals surface area contributed by atoms with Crippen LogP contribution >= 0.6 is 0 Å². The Morgan fingerprint density at radius 3 is 1.52 bits per heavy atom. The van der Waals surface area contributed by atoms with Gasteiger partial charge in [-0.05, 0) is 25.8 Å². The van der Waals surface area contributed by atoms with Gasteiger partial charge in [0.2, 0.25) is 0 Å². The first-order chi connectivity index (χ1) is 10.3. The summed E-state index contributed by atoms with van der Waals surface area (Å²) >= 11 is 0. The minimum Gasteiger partial charge on any atom is -0.314 e. The van der Waals surface area contributed by atoms with E-state index in [1.165, 1.54) is 103 Å². The molecule has 0 rings (SSSR count). The Hall–Kier alpha value is -0.0400. The minimum absolute atomic E-state index is 0.796. The summed E-state index contributed by atoms with van der Waals surface area (Å²) in [5.41, 5.74) is 0. The zero-order chi connectivity index (χ0) is 15.6. The molecule has 0 bridgehead atoms. The number of nitrogens with one attached hydrogen (secondary N) is 1. The third-order valence-corrected chi connectivity index (χ3v) is 4.53. The summed E-state index contributed by atoms with van der Waals surface area (Å²) in [6.07, 6.45) is 21.1. The van der Waals surface area contributed by atoms with Crippen LogP contribution in [0.2, 0.25) is 0 Å². The molecular weight excluding hydrogens is 254 g/mol. The molecular formula is C20H43N. The van der Waals surface area contributed by atoms with Crippen LogP contribution in [0, 0.1) is 0 Å². The molecule has 1 nitrogen and oxygen atoms in total. The molecule has 128 valence electrons. The summed E-state index contributed by atoms with van der Waals surface area (Å²) in [5, 5.41) is 3.83. The van der Waals surface area contributed by atoms with Gasteiger partial charge in [-0.2, -0.15) is 0 Å². The molecule has 0 saturated heterocycles. The molecule has 0 spiro atoms. The molecule has 0 radical (unpaired) electrons. The largest absolute Gasteiger partial charge is 0.314 e. The number of unbranched alkanes of at least 4 members (excludes halogenated alkanes) is 10. The number of rotatable bonds is 17. The molecule has 21 heavy (non-hydrogen) atoms. The lowest BCUT2D eigenvalue weighted by molar-refractivity contribution is 0.408. The number of hydrogen-bond donors (Lipinski definition) is 1. The zero-order valence-corrected chi connectivity index (χ0v) is 15.4. The molecule has 0 aliphatic heterocycles. The molecule has 1 N–H and O–H groups in total. The molecule has 0 aliphatic rings. The first-order valence-electron chi connectivity index (χ1n) is 10.1. The first-order valence-corrected chi connectivity index (χ1v) is 10.1. The molecule has 0 aromatic rings. The average molecular weight is 298 g/mol. The molecule has 0 fully saturated rings. The molecule has 0 heterocycles. The highest BCUT2D eigenvalue weighted by Gasteiger charge is 2.07. The second kappa shape index (κ2) is 18.0. The van der Waals surface area contributed by atoms with E-state index in [0.717, 1.165) is 6.04 Å². The summed E-state index contributed by atoms with van der Waals surface area (Å²) in [5.74, 6) is 0. The highest BCUT2D eigenvalue weighted by atomic mass is 14.9. The van der Waals surface area contributed by atoms with Crippen LogP contribution in [-0.2, 0) is 0 Å². The fourth-order valence-electron chi connectivity index (χ4n) is 3.02. The zero-order valence-electron chi connectivity index (χ0n) is 15.4. The van der Waals surface area contributed by atoms with Crippen molar-refractivity contribution >= 4 is 0 Å². The second-order valence-electron chi connectivity index (χ2n) is 6.76. The predicted molar refractivity (Wildman–Crippen MR) is 98.1 cm³/mol. The fraction of sp³-hybridized carbons (Fsp3) is 1.00. The Bertz CT molecular complexity index is 167. The van der Waals surface area contributed by atoms with E-state index in [2.05, 4.69) is 26.1 Å². The van der Waals surface area contributed by atoms with Crippen molar-refractivity contribution in [3.05, 3.63) is 0 Å². The molecule has 1 heteroatoms. The van der Waals surface area contributed by atoms with Crippen LogP contribution in [0.4, 0.5) is 0 Å². The topological polar surface area (TPSA) is 12.0 Å². The summed E-state index contributed by atoms with van der Waals surface area (Å²) in [6.45, 7) is 8.13. The van der Waals surface area contributed by atoms with Gasteiger partial charge in [-0.1, -0.05) is 97.8 Å². The normalized spacial score (nSPS) is 12.7. The van der Waals surface area contributed by atoms with E-state index >= 15 is 0 Å². The third kappa shape index (κ3) is 16.2. The van der Waals surface area contributed by atoms with Crippen molar-refractivity contribution in [2.45, 2.75) is 123 Å². The molecule has 0 saturated carbocycles. The van der Waals surface area contributed by atoms with Crippen LogP contribution in [0.1, 0.15) is 117 Å². The van der Waals surface area contributed by atoms with Crippen LogP contribution in [0.25, 0.3) is 0 Å². The van der Waals surface area contributed by atoms with E-state index in [1.807, 2.05) is 0 Å². The van der Waals surface area contributed by atoms with E-state index in [1.54, 1.807) is 0 Å². The van der Waals surface area contributed by atoms with Gasteiger partial charge in [0.15, 0.2) is 0 Å². The van der Waals surface area contributed by atoms with Crippen molar-refractivity contribution in [3.8, 4) is 0 Å². The Morgan fingerprint density at radius 2 is 0.952 bits per heavy atom. The van der Waals surface area contributed by atoms with Crippen molar-refractivity contribution in [2.75, 3.05) is 6.54 Å². The monoisotopic (exact) mass is 297 g/mol. The van der Waals surface area contributed by atoms with Gasteiger partial charge in [-0.15, -0.1) is 0 Å². The van der Waals surface area contributed by atoms with Gasteiger partial charge in [0.25, 0.3) is 0 Å². The molecule has 0 aromatic carbocycles. The maximum atomic E-state index is 3.83. The van der Waals surface area contributed by atoms with Crippen LogP contribution in [0.15, 0.2) is 0 Å². The van der Waals surface area contributed by atoms with Gasteiger partial charge in [0.1, 0.15) is 0 Å². The van der Waals surface area contributed by atoms with Crippen LogP contribution in [0.5, 0.6) is 0 Å². The van der Waals surface area contributed by atoms with E-state index in [0.29, 0.717) is 0 Å². The van der Waals surface area contributed by atoms with E-state index < -0.39 is 0 Å². The summed E-state index contributed by atoms with van der Waals surface area (Å²) in [7, 11) is 0. The lowest BCUT2D eigenvalue weighted by atomic mass is 10.0. The van der Waals surface area contributed by atoms with E-state index in [9.17, 15) is 0 Å². The lowest BCUT2D eigenvalue weighted by Gasteiger charge is -2.19. The van der Waals surface area contributed by atoms with Crippen LogP contribution in [0.3, 0.4) is 0 Å². The summed E-state index contributed by atoms with van der Waals surface area (Å²) in [6, 6.07) is 0.796. The Kier molecular flexibility index (Phi) is 18.0. The standard InChI is InChI=1S/C20H43N/c1-4-7-10-12-13-15-18-20(17-14-11-8-5-2)21-19-16-9-6-3/h20-21H,4-19H2,1-3H3. The van der Waals surface area contributed by atoms with Gasteiger partial charge < -0.3 is 5.32 Å². The van der Waals surface area contributed by atoms with Crippen LogP contribution in [-0.4, -0.2) is 12.6 Å². The first kappa shape index (κ1) is 21.0. The highest BCUT2D eigenvalue weighted by Crippen LogP contribution is 2.13. The minimum atomic E-state index is 0.796. The third-order valence-electron chi connectivity index (χ3n) is 4.53. The lowest BCUT2D eigenvalue weighted by Crippen LogP contribution is -2.30. The molecule has 1 atom stereocenters. The van der Waals surface area contributed by atoms with E-state index in [-0.39, 0.29) is 0 Å². The van der Waals surface area contributed by atoms with Crippen molar-refractivity contribution < 1.29 is 0 Å². The van der Waals surface area contributed by atoms with Crippen molar-refractivity contribution in [1.29, 1.82) is 0 Å².